The first-order valence-corrected chi connectivity index (χ1v) is 11.2. The topological polar surface area (TPSA) is 125 Å². The van der Waals surface area contributed by atoms with Crippen LogP contribution in [-0.4, -0.2) is 101 Å². The van der Waals surface area contributed by atoms with Crippen LogP contribution in [0.1, 0.15) is 12.1 Å². The summed E-state index contributed by atoms with van der Waals surface area (Å²) in [5.74, 6) is 0.717. The van der Waals surface area contributed by atoms with Crippen LogP contribution in [0.3, 0.4) is 0 Å². The minimum absolute atomic E-state index is 0.0196. The summed E-state index contributed by atoms with van der Waals surface area (Å²) < 4.78 is 12.9. The third-order valence-electron chi connectivity index (χ3n) is 6.21. The van der Waals surface area contributed by atoms with E-state index in [1.54, 1.807) is 22.9 Å². The molecule has 0 radical (unpaired) electrons. The number of hydrogen-bond acceptors (Lipinski definition) is 9. The maximum absolute atomic E-state index is 12.9. The highest BCUT2D eigenvalue weighted by atomic mass is 16.5. The predicted octanol–water partition coefficient (Wildman–Crippen LogP) is -0.766. The van der Waals surface area contributed by atoms with Crippen molar-refractivity contribution in [2.75, 3.05) is 45.2 Å². The molecule has 0 aliphatic carbocycles. The fourth-order valence-corrected chi connectivity index (χ4v) is 4.41. The van der Waals surface area contributed by atoms with Gasteiger partial charge in [0.15, 0.2) is 0 Å². The Morgan fingerprint density at radius 1 is 1.18 bits per heavy atom. The molecule has 33 heavy (non-hydrogen) atoms. The van der Waals surface area contributed by atoms with Crippen molar-refractivity contribution in [3.63, 3.8) is 0 Å². The van der Waals surface area contributed by atoms with E-state index >= 15 is 0 Å². The molecule has 2 aliphatic rings. The van der Waals surface area contributed by atoms with E-state index in [2.05, 4.69) is 20.5 Å². The van der Waals surface area contributed by atoms with Crippen molar-refractivity contribution in [3.05, 3.63) is 36.2 Å². The highest BCUT2D eigenvalue weighted by Gasteiger charge is 2.44. The number of nitrogens with one attached hydrogen (secondary N) is 1. The summed E-state index contributed by atoms with van der Waals surface area (Å²) in [5, 5.41) is 32.0. The Morgan fingerprint density at radius 3 is 2.64 bits per heavy atom. The number of rotatable bonds is 8. The zero-order chi connectivity index (χ0) is 23.4. The SMILES string of the molecule is CNCc1cn(C[C@@H]2O[C@@H](CC(=O)N3CCN(c4ccccc4OC)CC3)[C@H](O)[C@@H]2O)nn1. The van der Waals surface area contributed by atoms with Crippen LogP contribution in [0.4, 0.5) is 5.69 Å². The Labute approximate surface area is 192 Å². The van der Waals surface area contributed by atoms with E-state index in [-0.39, 0.29) is 18.9 Å². The van der Waals surface area contributed by atoms with Crippen LogP contribution in [0.15, 0.2) is 30.5 Å². The number of carbonyl (C=O) groups is 1. The minimum atomic E-state index is -1.13. The number of nitrogens with zero attached hydrogens (tertiary/aromatic N) is 5. The van der Waals surface area contributed by atoms with Crippen LogP contribution < -0.4 is 15.0 Å². The van der Waals surface area contributed by atoms with E-state index in [1.807, 2.05) is 31.3 Å². The second kappa shape index (κ2) is 10.5. The van der Waals surface area contributed by atoms with Crippen molar-refractivity contribution in [1.29, 1.82) is 0 Å². The number of para-hydroxylation sites is 2. The largest absolute Gasteiger partial charge is 0.495 e. The predicted molar refractivity (Wildman–Crippen MR) is 120 cm³/mol. The zero-order valence-corrected chi connectivity index (χ0v) is 19.0. The second-order valence-corrected chi connectivity index (χ2v) is 8.40. The third-order valence-corrected chi connectivity index (χ3v) is 6.21. The van der Waals surface area contributed by atoms with Gasteiger partial charge in [0.1, 0.15) is 24.1 Å². The number of piperazine rings is 1. The number of amides is 1. The van der Waals surface area contributed by atoms with Crippen molar-refractivity contribution in [1.82, 2.24) is 25.2 Å². The molecule has 4 rings (SSSR count). The molecule has 2 fully saturated rings. The van der Waals surface area contributed by atoms with Gasteiger partial charge in [0.2, 0.25) is 5.91 Å². The van der Waals surface area contributed by atoms with Gasteiger partial charge >= 0.3 is 0 Å². The number of carbonyl (C=O) groups excluding carboxylic acids is 1. The number of methoxy groups -OCH3 is 1. The van der Waals surface area contributed by atoms with Gasteiger partial charge in [-0.2, -0.15) is 0 Å². The lowest BCUT2D eigenvalue weighted by atomic mass is 10.0. The number of aromatic nitrogens is 3. The van der Waals surface area contributed by atoms with Gasteiger partial charge in [-0.1, -0.05) is 17.3 Å². The maximum atomic E-state index is 12.9. The van der Waals surface area contributed by atoms with E-state index in [0.29, 0.717) is 32.7 Å². The summed E-state index contributed by atoms with van der Waals surface area (Å²) in [4.78, 5) is 16.9. The molecule has 2 aliphatic heterocycles. The quantitative estimate of drug-likeness (QED) is 0.466. The Morgan fingerprint density at radius 2 is 1.91 bits per heavy atom. The fourth-order valence-electron chi connectivity index (χ4n) is 4.41. The molecule has 11 heteroatoms. The summed E-state index contributed by atoms with van der Waals surface area (Å²) in [6, 6.07) is 7.84. The maximum Gasteiger partial charge on any atom is 0.225 e. The van der Waals surface area contributed by atoms with Gasteiger partial charge in [-0.15, -0.1) is 5.10 Å². The molecule has 11 nitrogen and oxygen atoms in total. The Hall–Kier alpha value is -2.73. The van der Waals surface area contributed by atoms with Crippen LogP contribution in [0.5, 0.6) is 5.75 Å². The smallest absolute Gasteiger partial charge is 0.225 e. The fraction of sp³-hybridized carbons (Fsp3) is 0.591. The Bertz CT molecular complexity index is 932. The summed E-state index contributed by atoms with van der Waals surface area (Å²) >= 11 is 0. The number of benzene rings is 1. The minimum Gasteiger partial charge on any atom is -0.495 e. The summed E-state index contributed by atoms with van der Waals surface area (Å²) in [6.07, 6.45) is -1.87. The van der Waals surface area contributed by atoms with Crippen LogP contribution in [0.2, 0.25) is 0 Å². The first-order chi connectivity index (χ1) is 16.0. The van der Waals surface area contributed by atoms with Crippen molar-refractivity contribution < 1.29 is 24.5 Å². The van der Waals surface area contributed by atoms with Gasteiger partial charge in [-0.25, -0.2) is 4.68 Å². The molecule has 1 aromatic heterocycles. The molecule has 1 amide bonds. The standard InChI is InChI=1S/C22H32N6O5/c1-23-12-15-13-28(25-24-15)14-19-22(31)21(30)18(33-19)11-20(29)27-9-7-26(8-10-27)16-5-3-4-6-17(16)32-2/h3-6,13,18-19,21-23,30-31H,7-12,14H2,1-2H3/t18-,19-,21-,22+/m0/s1. The van der Waals surface area contributed by atoms with E-state index in [1.165, 1.54) is 0 Å². The van der Waals surface area contributed by atoms with Crippen molar-refractivity contribution >= 4 is 11.6 Å². The van der Waals surface area contributed by atoms with Gasteiger partial charge in [0.05, 0.1) is 37.6 Å². The van der Waals surface area contributed by atoms with Crippen LogP contribution in [0, 0.1) is 0 Å². The lowest BCUT2D eigenvalue weighted by Crippen LogP contribution is -2.50. The van der Waals surface area contributed by atoms with Crippen LogP contribution in [0.25, 0.3) is 0 Å². The molecule has 180 valence electrons. The first-order valence-electron chi connectivity index (χ1n) is 11.2. The summed E-state index contributed by atoms with van der Waals surface area (Å²) in [7, 11) is 3.47. The van der Waals surface area contributed by atoms with E-state index in [4.69, 9.17) is 9.47 Å². The average Bonchev–Trinajstić information content (AvgIpc) is 3.39. The molecule has 0 spiro atoms. The molecule has 2 saturated heterocycles. The number of aliphatic hydroxyl groups excluding tert-OH is 2. The molecule has 0 bridgehead atoms. The first kappa shape index (κ1) is 23.4. The van der Waals surface area contributed by atoms with E-state index in [9.17, 15) is 15.0 Å². The Kier molecular flexibility index (Phi) is 7.43. The van der Waals surface area contributed by atoms with Gasteiger partial charge in [-0.05, 0) is 19.2 Å². The van der Waals surface area contributed by atoms with Gasteiger partial charge < -0.3 is 34.8 Å². The van der Waals surface area contributed by atoms with Gasteiger partial charge in [0, 0.05) is 38.9 Å². The third kappa shape index (κ3) is 5.27. The van der Waals surface area contributed by atoms with Gasteiger partial charge in [0.25, 0.3) is 0 Å². The zero-order valence-electron chi connectivity index (χ0n) is 19.0. The molecular weight excluding hydrogens is 428 g/mol. The molecule has 4 atom stereocenters. The lowest BCUT2D eigenvalue weighted by molar-refractivity contribution is -0.135. The van der Waals surface area contributed by atoms with E-state index in [0.717, 1.165) is 17.1 Å². The number of anilines is 1. The monoisotopic (exact) mass is 460 g/mol. The number of ether oxygens (including phenoxy) is 2. The van der Waals surface area contributed by atoms with Crippen molar-refractivity contribution in [2.24, 2.45) is 0 Å². The molecular formula is C22H32N6O5. The molecule has 0 unspecified atom stereocenters. The summed E-state index contributed by atoms with van der Waals surface area (Å²) in [5.41, 5.74) is 1.78. The number of aliphatic hydroxyl groups is 2. The summed E-state index contributed by atoms with van der Waals surface area (Å²) in [6.45, 7) is 3.34. The lowest BCUT2D eigenvalue weighted by Gasteiger charge is -2.37. The van der Waals surface area contributed by atoms with Crippen LogP contribution >= 0.6 is 0 Å². The second-order valence-electron chi connectivity index (χ2n) is 8.40. The number of hydrogen-bond donors (Lipinski definition) is 3. The highest BCUT2D eigenvalue weighted by molar-refractivity contribution is 5.77. The normalized spacial score (nSPS) is 25.5. The highest BCUT2D eigenvalue weighted by Crippen LogP contribution is 2.29. The molecule has 3 heterocycles. The molecule has 3 N–H and O–H groups in total. The Balaban J connectivity index is 1.29. The molecule has 1 aromatic carbocycles. The van der Waals surface area contributed by atoms with Gasteiger partial charge in [-0.3, -0.25) is 4.79 Å². The van der Waals surface area contributed by atoms with Crippen LogP contribution in [-0.2, 0) is 22.6 Å². The average molecular weight is 461 g/mol. The van der Waals surface area contributed by atoms with E-state index < -0.39 is 24.4 Å². The van der Waals surface area contributed by atoms with Crippen molar-refractivity contribution in [2.45, 2.75) is 43.9 Å². The van der Waals surface area contributed by atoms with Crippen molar-refractivity contribution in [3.8, 4) is 5.75 Å². The molecule has 0 saturated carbocycles. The molecule has 2 aromatic rings.